The van der Waals surface area contributed by atoms with E-state index in [4.69, 9.17) is 51.6 Å². The summed E-state index contributed by atoms with van der Waals surface area (Å²) >= 11 is 0. The lowest BCUT2D eigenvalue weighted by atomic mass is 10.1. The number of carboxylic acid groups (broad SMARTS) is 4. The number of rotatable bonds is 25. The van der Waals surface area contributed by atoms with E-state index < -0.39 is 164 Å². The molecule has 2 saturated heterocycles. The van der Waals surface area contributed by atoms with Crippen LogP contribution in [0.5, 0.6) is 0 Å². The van der Waals surface area contributed by atoms with Crippen LogP contribution in [0.15, 0.2) is 39.3 Å². The number of amides is 4. The van der Waals surface area contributed by atoms with Gasteiger partial charge in [0.2, 0.25) is 23.6 Å². The van der Waals surface area contributed by atoms with Crippen LogP contribution < -0.4 is 49.5 Å². The fourth-order valence-corrected chi connectivity index (χ4v) is 8.75. The van der Waals surface area contributed by atoms with E-state index in [1.54, 1.807) is 0 Å². The SMILES string of the molecule is NC(CCC(=O)NC(CSSCC(NC(=O)CCC(N)C(=O)O)C(=O)NCC(=O)O)C(=O)NCC(=O)O)C(=O)O.O=c1[nH]cnc2c1ncn2[C@H]1O[C@@H](CO)[C@H](O)[C@@H]1O.O=c1ccn([C@H]2O[C@@H](CO)[C@H](O)[C@@H]2O)c(=O)[nH]1. The van der Waals surface area contributed by atoms with Crippen LogP contribution in [0.4, 0.5) is 0 Å². The Bertz CT molecular complexity index is 2600. The minimum Gasteiger partial charge on any atom is -0.480 e. The molecule has 2 aliphatic heterocycles. The van der Waals surface area contributed by atoms with Crippen molar-refractivity contribution in [2.24, 2.45) is 11.5 Å². The van der Waals surface area contributed by atoms with Gasteiger partial charge in [0.1, 0.15) is 73.9 Å². The van der Waals surface area contributed by atoms with Crippen LogP contribution in [-0.2, 0) is 47.8 Å². The first-order valence-electron chi connectivity index (χ1n) is 22.1. The topological polar surface area (TPSA) is 576 Å². The van der Waals surface area contributed by atoms with Crippen molar-refractivity contribution in [3.8, 4) is 0 Å². The standard InChI is InChI=1S/C20H32N6O12S2.C10H12N4O5.C9H12N2O6/c21-9(19(35)36)1-3-13(27)25-11(17(33)23-5-15(29)30)7-39-40-8-12(18(34)24-6-16(31)32)26-14(28)4-2-10(22)20(37)38;15-1-4-6(16)7(17)10(19-4)14-3-13-5-8(14)11-2-12-9(5)18;12-3-4-6(14)7(15)8(17-4)11-2-1-5(13)10-9(11)16/h9-12H,1-8,21-22H2,(H,23,33)(H,24,34)(H,25,27)(H,26,28)(H,29,30)(H,31,32)(H,35,36)(H,37,38);2-4,6-7,10,15-17H,1H2,(H,11,12,18);1-2,4,6-8,12,14-15H,3H2,(H,10,13,16)/t;4-,6-,7-,10-;4-,6-,7-,8-/m.00/s1. The van der Waals surface area contributed by atoms with Crippen molar-refractivity contribution in [3.63, 3.8) is 0 Å². The van der Waals surface area contributed by atoms with Gasteiger partial charge in [-0.1, -0.05) is 21.6 Å². The van der Waals surface area contributed by atoms with Crippen LogP contribution in [0.25, 0.3) is 11.2 Å². The minimum absolute atomic E-state index is 0.111. The summed E-state index contributed by atoms with van der Waals surface area (Å²) in [6.07, 6.45) is -6.49. The number of fused-ring (bicyclic) bond motifs is 1. The van der Waals surface area contributed by atoms with E-state index in [1.807, 2.05) is 4.98 Å². The van der Waals surface area contributed by atoms with Crippen molar-refractivity contribution >= 4 is 80.3 Å². The van der Waals surface area contributed by atoms with Crippen LogP contribution in [0, 0.1) is 0 Å². The Kier molecular flexibility index (Phi) is 25.5. The first kappa shape index (κ1) is 63.4. The number of H-pyrrole nitrogens is 2. The zero-order chi connectivity index (χ0) is 57.0. The Hall–Kier alpha value is -6.91. The molecule has 5 rings (SSSR count). The van der Waals surface area contributed by atoms with Crippen LogP contribution in [0.1, 0.15) is 38.1 Å². The molecule has 0 aromatic carbocycles. The number of nitrogens with two attached hydrogens (primary N) is 2. The second kappa shape index (κ2) is 30.6. The minimum atomic E-state index is -1.35. The number of aliphatic carboxylic acids is 4. The molecule has 0 aliphatic carbocycles. The number of carboxylic acids is 4. The van der Waals surface area contributed by atoms with Crippen molar-refractivity contribution in [3.05, 3.63) is 56.1 Å². The van der Waals surface area contributed by atoms with Gasteiger partial charge in [-0.25, -0.2) is 14.8 Å². The summed E-state index contributed by atoms with van der Waals surface area (Å²) in [4.78, 5) is 138. The highest BCUT2D eigenvalue weighted by Crippen LogP contribution is 2.31. The number of carbonyl (C=O) groups excluding carboxylic acids is 4. The highest BCUT2D eigenvalue weighted by Gasteiger charge is 2.45. The summed E-state index contributed by atoms with van der Waals surface area (Å²) in [6, 6.07) is -4.06. The van der Waals surface area contributed by atoms with E-state index in [0.717, 1.165) is 38.4 Å². The molecule has 0 saturated carbocycles. The molecule has 4 unspecified atom stereocenters. The first-order chi connectivity index (χ1) is 35.8. The van der Waals surface area contributed by atoms with Crippen LogP contribution in [0.2, 0.25) is 0 Å². The zero-order valence-electron chi connectivity index (χ0n) is 39.3. The van der Waals surface area contributed by atoms with Crippen LogP contribution in [0.3, 0.4) is 0 Å². The number of hydrogen-bond acceptors (Lipinski definition) is 25. The summed E-state index contributed by atoms with van der Waals surface area (Å²) < 4.78 is 12.8. The number of nitrogens with one attached hydrogen (secondary N) is 6. The Labute approximate surface area is 432 Å². The number of imidazole rings is 1. The number of hydrogen-bond donors (Lipinski definition) is 18. The summed E-state index contributed by atoms with van der Waals surface area (Å²) in [5.74, 6) is -8.81. The maximum Gasteiger partial charge on any atom is 0.330 e. The summed E-state index contributed by atoms with van der Waals surface area (Å²) in [6.45, 7) is -2.38. The Morgan fingerprint density at radius 2 is 1.13 bits per heavy atom. The number of carbonyl (C=O) groups is 8. The third kappa shape index (κ3) is 19.0. The number of aliphatic hydroxyl groups is 6. The second-order valence-electron chi connectivity index (χ2n) is 16.0. The molecule has 422 valence electrons. The normalized spacial score (nSPS) is 22.3. The van der Waals surface area contributed by atoms with Gasteiger partial charge in [0.25, 0.3) is 11.1 Å². The average molecular weight is 1130 g/mol. The molecule has 76 heavy (non-hydrogen) atoms. The number of aromatic amines is 2. The predicted octanol–water partition coefficient (Wildman–Crippen LogP) is -9.00. The quantitative estimate of drug-likeness (QED) is 0.0277. The van der Waals surface area contributed by atoms with E-state index in [-0.39, 0.29) is 48.4 Å². The lowest BCUT2D eigenvalue weighted by molar-refractivity contribution is -0.140. The van der Waals surface area contributed by atoms with Gasteiger partial charge < -0.3 is 98.3 Å². The van der Waals surface area contributed by atoms with E-state index in [9.17, 15) is 73.2 Å². The van der Waals surface area contributed by atoms with Crippen molar-refractivity contribution in [2.75, 3.05) is 37.8 Å². The fraction of sp³-hybridized carbons (Fsp3) is 0.564. The monoisotopic (exact) mass is 1120 g/mol. The molecule has 12 atom stereocenters. The number of nitrogens with zero attached hydrogens (tertiary/aromatic N) is 4. The van der Waals surface area contributed by atoms with Crippen molar-refractivity contribution < 1.29 is 98.9 Å². The summed E-state index contributed by atoms with van der Waals surface area (Å²) in [5.41, 5.74) is 9.31. The van der Waals surface area contributed by atoms with Crippen molar-refractivity contribution in [2.45, 2.75) is 98.9 Å². The maximum atomic E-state index is 12.4. The molecule has 4 amide bonds. The Morgan fingerprint density at radius 3 is 1.53 bits per heavy atom. The molecule has 0 bridgehead atoms. The fourth-order valence-electron chi connectivity index (χ4n) is 6.42. The predicted molar refractivity (Wildman–Crippen MR) is 255 cm³/mol. The van der Waals surface area contributed by atoms with Gasteiger partial charge in [0.15, 0.2) is 23.6 Å². The van der Waals surface area contributed by atoms with Gasteiger partial charge in [0, 0.05) is 36.6 Å². The van der Waals surface area contributed by atoms with E-state index >= 15 is 0 Å². The molecule has 20 N–H and O–H groups in total. The number of aliphatic hydroxyl groups excluding tert-OH is 6. The van der Waals surface area contributed by atoms with E-state index in [1.165, 1.54) is 17.2 Å². The first-order valence-corrected chi connectivity index (χ1v) is 24.6. The molecule has 5 heterocycles. The second-order valence-corrected chi connectivity index (χ2v) is 18.6. The van der Waals surface area contributed by atoms with Gasteiger partial charge in [0.05, 0.1) is 25.9 Å². The molecular formula is C39H56N12O23S2. The lowest BCUT2D eigenvalue weighted by Crippen LogP contribution is -2.50. The summed E-state index contributed by atoms with van der Waals surface area (Å²) in [7, 11) is 1.89. The molecule has 3 aromatic heterocycles. The number of ether oxygens (including phenoxy) is 2. The lowest BCUT2D eigenvalue weighted by Gasteiger charge is -2.20. The van der Waals surface area contributed by atoms with Crippen LogP contribution in [-0.4, -0.2) is 226 Å². The third-order valence-electron chi connectivity index (χ3n) is 10.5. The van der Waals surface area contributed by atoms with Crippen molar-refractivity contribution in [1.29, 1.82) is 0 Å². The Morgan fingerprint density at radius 1 is 0.684 bits per heavy atom. The molecule has 0 spiro atoms. The molecular weight excluding hydrogens is 1070 g/mol. The van der Waals surface area contributed by atoms with E-state index in [0.29, 0.717) is 0 Å². The molecule has 3 aromatic rings. The molecule has 35 nitrogen and oxygen atoms in total. The van der Waals surface area contributed by atoms with E-state index in [2.05, 4.69) is 36.2 Å². The van der Waals surface area contributed by atoms with Gasteiger partial charge >= 0.3 is 29.6 Å². The van der Waals surface area contributed by atoms with Gasteiger partial charge in [-0.3, -0.25) is 62.1 Å². The molecule has 2 fully saturated rings. The molecule has 2 aliphatic rings. The summed E-state index contributed by atoms with van der Waals surface area (Å²) in [5, 5.41) is 101. The molecule has 37 heteroatoms. The van der Waals surface area contributed by atoms with Gasteiger partial charge in [-0.2, -0.15) is 0 Å². The third-order valence-corrected chi connectivity index (χ3v) is 12.9. The average Bonchev–Trinajstić information content (AvgIpc) is 4.02. The van der Waals surface area contributed by atoms with Gasteiger partial charge in [-0.15, -0.1) is 0 Å². The highest BCUT2D eigenvalue weighted by atomic mass is 33.1. The number of aromatic nitrogens is 6. The maximum absolute atomic E-state index is 12.4. The van der Waals surface area contributed by atoms with Gasteiger partial charge in [-0.05, 0) is 12.8 Å². The largest absolute Gasteiger partial charge is 0.480 e. The van der Waals surface area contributed by atoms with Crippen LogP contribution >= 0.6 is 21.6 Å². The zero-order valence-corrected chi connectivity index (χ0v) is 41.0. The highest BCUT2D eigenvalue weighted by molar-refractivity contribution is 8.76. The molecule has 0 radical (unpaired) electrons. The smallest absolute Gasteiger partial charge is 0.330 e. The van der Waals surface area contributed by atoms with Crippen molar-refractivity contribution in [1.82, 2.24) is 50.3 Å². The Balaban J connectivity index is 0.000000343.